The molecule has 2 heterocycles. The molecule has 1 aromatic carbocycles. The molecule has 7 nitrogen and oxygen atoms in total. The smallest absolute Gasteiger partial charge is 0.263 e. The Morgan fingerprint density at radius 1 is 1.40 bits per heavy atom. The number of rotatable bonds is 4. The van der Waals surface area contributed by atoms with Crippen LogP contribution < -0.4 is 11.3 Å². The highest BCUT2D eigenvalue weighted by atomic mass is 15.5. The lowest BCUT2D eigenvalue weighted by Crippen LogP contribution is -2.14. The molecule has 102 valence electrons. The minimum absolute atomic E-state index is 0.415. The number of hydrazone groups is 1. The summed E-state index contributed by atoms with van der Waals surface area (Å²) in [5, 5.41) is 13.1. The van der Waals surface area contributed by atoms with Gasteiger partial charge < -0.3 is 10.8 Å². The number of nitrogens with two attached hydrogens (primary N) is 1. The zero-order valence-corrected chi connectivity index (χ0v) is 11.0. The van der Waals surface area contributed by atoms with Crippen molar-refractivity contribution in [1.29, 1.82) is 0 Å². The Labute approximate surface area is 115 Å². The Morgan fingerprint density at radius 3 is 3.05 bits per heavy atom. The van der Waals surface area contributed by atoms with Gasteiger partial charge in [0, 0.05) is 29.1 Å². The molecule has 3 rings (SSSR count). The molecule has 20 heavy (non-hydrogen) atoms. The maximum Gasteiger partial charge on any atom is 0.263 e. The predicted octanol–water partition coefficient (Wildman–Crippen LogP) is 1.48. The Balaban J connectivity index is 1.79. The third kappa shape index (κ3) is 2.09. The summed E-state index contributed by atoms with van der Waals surface area (Å²) < 4.78 is 1.40. The van der Waals surface area contributed by atoms with E-state index in [4.69, 9.17) is 5.84 Å². The first-order valence-electron chi connectivity index (χ1n) is 6.34. The number of para-hydroxylation sites is 1. The van der Waals surface area contributed by atoms with E-state index in [1.807, 2.05) is 37.4 Å². The molecule has 0 aliphatic rings. The molecule has 3 aromatic rings. The highest BCUT2D eigenvalue weighted by molar-refractivity contribution is 5.99. The lowest BCUT2D eigenvalue weighted by molar-refractivity contribution is 0.855. The van der Waals surface area contributed by atoms with Crippen LogP contribution in [0.3, 0.4) is 0 Å². The number of anilines is 1. The molecule has 0 saturated carbocycles. The van der Waals surface area contributed by atoms with Crippen molar-refractivity contribution in [3.63, 3.8) is 0 Å². The summed E-state index contributed by atoms with van der Waals surface area (Å²) in [5.41, 5.74) is 4.86. The molecule has 4 N–H and O–H groups in total. The van der Waals surface area contributed by atoms with Crippen LogP contribution in [0.2, 0.25) is 0 Å². The Kier molecular flexibility index (Phi) is 3.08. The standard InChI is InChI=1S/C13H15N7/c1-2-12-17-19-13(20(12)14)18-16-8-9-7-15-11-6-4-3-5-10(9)11/h3-8,15H,2,14H2,1H3,(H,18,19). The molecule has 2 aromatic heterocycles. The number of hydrogen-bond donors (Lipinski definition) is 3. The molecule has 0 unspecified atom stereocenters. The number of H-pyrrole nitrogens is 1. The first-order chi connectivity index (χ1) is 9.79. The van der Waals surface area contributed by atoms with Crippen molar-refractivity contribution in [3.8, 4) is 0 Å². The normalized spacial score (nSPS) is 11.4. The van der Waals surface area contributed by atoms with E-state index >= 15 is 0 Å². The minimum atomic E-state index is 0.415. The average molecular weight is 269 g/mol. The molecule has 0 saturated heterocycles. The summed E-state index contributed by atoms with van der Waals surface area (Å²) in [6, 6.07) is 8.03. The molecule has 7 heteroatoms. The topological polar surface area (TPSA) is 96.9 Å². The molecular weight excluding hydrogens is 254 g/mol. The summed E-state index contributed by atoms with van der Waals surface area (Å²) in [5.74, 6) is 6.93. The largest absolute Gasteiger partial charge is 0.361 e. The summed E-state index contributed by atoms with van der Waals surface area (Å²) in [6.45, 7) is 1.96. The van der Waals surface area contributed by atoms with Crippen molar-refractivity contribution in [3.05, 3.63) is 41.9 Å². The van der Waals surface area contributed by atoms with Gasteiger partial charge in [0.25, 0.3) is 5.95 Å². The number of fused-ring (bicyclic) bond motifs is 1. The van der Waals surface area contributed by atoms with Gasteiger partial charge in [0.1, 0.15) is 0 Å². The Hall–Kier alpha value is -2.83. The van der Waals surface area contributed by atoms with Gasteiger partial charge in [0.2, 0.25) is 0 Å². The van der Waals surface area contributed by atoms with Crippen LogP contribution in [0.1, 0.15) is 18.3 Å². The maximum absolute atomic E-state index is 5.81. The molecule has 0 bridgehead atoms. The van der Waals surface area contributed by atoms with Crippen LogP contribution >= 0.6 is 0 Å². The van der Waals surface area contributed by atoms with Crippen molar-refractivity contribution >= 4 is 23.1 Å². The van der Waals surface area contributed by atoms with Gasteiger partial charge in [0.05, 0.1) is 6.21 Å². The summed E-state index contributed by atoms with van der Waals surface area (Å²) in [4.78, 5) is 3.18. The summed E-state index contributed by atoms with van der Waals surface area (Å²) in [7, 11) is 0. The third-order valence-electron chi connectivity index (χ3n) is 3.07. The first-order valence-corrected chi connectivity index (χ1v) is 6.34. The van der Waals surface area contributed by atoms with Gasteiger partial charge in [-0.15, -0.1) is 10.2 Å². The molecule has 0 atom stereocenters. The van der Waals surface area contributed by atoms with E-state index in [-0.39, 0.29) is 0 Å². The maximum atomic E-state index is 5.81. The van der Waals surface area contributed by atoms with E-state index in [9.17, 15) is 0 Å². The molecule has 0 fully saturated rings. The van der Waals surface area contributed by atoms with Crippen molar-refractivity contribution in [2.45, 2.75) is 13.3 Å². The lowest BCUT2D eigenvalue weighted by Gasteiger charge is -2.00. The number of nitrogens with zero attached hydrogens (tertiary/aromatic N) is 4. The molecule has 0 amide bonds. The zero-order valence-electron chi connectivity index (χ0n) is 11.0. The molecule has 0 spiro atoms. The zero-order chi connectivity index (χ0) is 13.9. The van der Waals surface area contributed by atoms with Gasteiger partial charge in [-0.2, -0.15) is 5.10 Å². The van der Waals surface area contributed by atoms with E-state index in [1.165, 1.54) is 4.68 Å². The molecule has 0 aliphatic heterocycles. The van der Waals surface area contributed by atoms with Gasteiger partial charge in [-0.05, 0) is 6.07 Å². The van der Waals surface area contributed by atoms with Crippen molar-refractivity contribution in [2.75, 3.05) is 11.3 Å². The number of hydrogen-bond acceptors (Lipinski definition) is 5. The van der Waals surface area contributed by atoms with Crippen LogP contribution in [-0.4, -0.2) is 26.1 Å². The van der Waals surface area contributed by atoms with Crippen molar-refractivity contribution in [1.82, 2.24) is 19.9 Å². The number of benzene rings is 1. The van der Waals surface area contributed by atoms with Crippen molar-refractivity contribution in [2.24, 2.45) is 5.10 Å². The van der Waals surface area contributed by atoms with Crippen LogP contribution in [0.5, 0.6) is 0 Å². The second-order valence-electron chi connectivity index (χ2n) is 4.32. The summed E-state index contributed by atoms with van der Waals surface area (Å²) >= 11 is 0. The second-order valence-corrected chi connectivity index (χ2v) is 4.32. The lowest BCUT2D eigenvalue weighted by atomic mass is 10.2. The molecular formula is C13H15N7. The molecule has 0 aliphatic carbocycles. The third-order valence-corrected chi connectivity index (χ3v) is 3.07. The van der Waals surface area contributed by atoms with Crippen LogP contribution in [0.15, 0.2) is 35.6 Å². The molecule has 0 radical (unpaired) electrons. The Bertz CT molecular complexity index is 753. The predicted molar refractivity (Wildman–Crippen MR) is 79.1 cm³/mol. The quantitative estimate of drug-likeness (QED) is 0.379. The van der Waals surface area contributed by atoms with E-state index in [2.05, 4.69) is 25.7 Å². The summed E-state index contributed by atoms with van der Waals surface area (Å²) in [6.07, 6.45) is 4.34. The van der Waals surface area contributed by atoms with Crippen LogP contribution in [0.4, 0.5) is 5.95 Å². The van der Waals surface area contributed by atoms with Crippen molar-refractivity contribution < 1.29 is 0 Å². The number of aryl methyl sites for hydroxylation is 1. The van der Waals surface area contributed by atoms with Crippen LogP contribution in [-0.2, 0) is 6.42 Å². The number of aromatic amines is 1. The van der Waals surface area contributed by atoms with E-state index < -0.39 is 0 Å². The number of nitrogen functional groups attached to an aromatic ring is 1. The van der Waals surface area contributed by atoms with E-state index in [0.29, 0.717) is 11.8 Å². The fourth-order valence-electron chi connectivity index (χ4n) is 2.00. The monoisotopic (exact) mass is 269 g/mol. The van der Waals surface area contributed by atoms with Gasteiger partial charge >= 0.3 is 0 Å². The fraction of sp³-hybridized carbons (Fsp3) is 0.154. The van der Waals surface area contributed by atoms with Gasteiger partial charge in [0.15, 0.2) is 5.82 Å². The van der Waals surface area contributed by atoms with Gasteiger partial charge in [-0.1, -0.05) is 25.1 Å². The van der Waals surface area contributed by atoms with Crippen LogP contribution in [0, 0.1) is 0 Å². The highest BCUT2D eigenvalue weighted by Gasteiger charge is 2.06. The second kappa shape index (κ2) is 5.04. The van der Waals surface area contributed by atoms with Gasteiger partial charge in [-0.25, -0.2) is 10.1 Å². The number of aromatic nitrogens is 4. The fourth-order valence-corrected chi connectivity index (χ4v) is 2.00. The average Bonchev–Trinajstić information content (AvgIpc) is 3.04. The number of nitrogens with one attached hydrogen (secondary N) is 2. The van der Waals surface area contributed by atoms with Gasteiger partial charge in [-0.3, -0.25) is 0 Å². The highest BCUT2D eigenvalue weighted by Crippen LogP contribution is 2.15. The first kappa shape index (κ1) is 12.2. The van der Waals surface area contributed by atoms with E-state index in [1.54, 1.807) is 6.21 Å². The van der Waals surface area contributed by atoms with Crippen LogP contribution in [0.25, 0.3) is 10.9 Å². The SMILES string of the molecule is CCc1nnc(NN=Cc2c[nH]c3ccccc23)n1N. The minimum Gasteiger partial charge on any atom is -0.361 e. The van der Waals surface area contributed by atoms with E-state index in [0.717, 1.165) is 22.9 Å². The Morgan fingerprint density at radius 2 is 2.25 bits per heavy atom.